The molecule has 0 aromatic rings. The largest absolute Gasteiger partial charge is 0.375 e. The van der Waals surface area contributed by atoms with Crippen molar-refractivity contribution in [1.82, 2.24) is 9.80 Å². The predicted octanol–water partition coefficient (Wildman–Crippen LogP) is 3.54. The van der Waals surface area contributed by atoms with Gasteiger partial charge in [-0.3, -0.25) is 4.90 Å². The Morgan fingerprint density at radius 1 is 0.840 bits per heavy atom. The highest BCUT2D eigenvalue weighted by Gasteiger charge is 2.37. The van der Waals surface area contributed by atoms with E-state index in [-0.39, 0.29) is 5.60 Å². The molecular weight excluding hydrogens is 312 g/mol. The first-order valence-corrected chi connectivity index (χ1v) is 10.4. The lowest BCUT2D eigenvalue weighted by Gasteiger charge is -2.49. The lowest BCUT2D eigenvalue weighted by molar-refractivity contribution is -0.168. The van der Waals surface area contributed by atoms with E-state index in [2.05, 4.69) is 51.3 Å². The van der Waals surface area contributed by atoms with Gasteiger partial charge in [-0.15, -0.1) is 0 Å². The van der Waals surface area contributed by atoms with Crippen LogP contribution in [0.5, 0.6) is 0 Å². The summed E-state index contributed by atoms with van der Waals surface area (Å²) in [7, 11) is 0. The van der Waals surface area contributed by atoms with Gasteiger partial charge in [0.05, 0.1) is 23.9 Å². The molecule has 1 aliphatic carbocycles. The Hall–Kier alpha value is -0.160. The third-order valence-electron chi connectivity index (χ3n) is 5.91. The van der Waals surface area contributed by atoms with Crippen LogP contribution in [-0.2, 0) is 9.47 Å². The van der Waals surface area contributed by atoms with Crippen LogP contribution in [-0.4, -0.2) is 72.0 Å². The van der Waals surface area contributed by atoms with Crippen LogP contribution in [0.15, 0.2) is 0 Å². The van der Waals surface area contributed by atoms with Gasteiger partial charge in [-0.2, -0.15) is 0 Å². The zero-order valence-electron chi connectivity index (χ0n) is 17.4. The molecule has 0 N–H and O–H groups in total. The maximum absolute atomic E-state index is 6.31. The molecule has 0 unspecified atom stereocenters. The summed E-state index contributed by atoms with van der Waals surface area (Å²) in [5, 5.41) is 0. The number of piperidine rings is 1. The number of hydrogen-bond acceptors (Lipinski definition) is 4. The lowest BCUT2D eigenvalue weighted by atomic mass is 9.90. The average molecular weight is 353 g/mol. The Kier molecular flexibility index (Phi) is 5.85. The zero-order valence-corrected chi connectivity index (χ0v) is 17.4. The van der Waals surface area contributed by atoms with Gasteiger partial charge in [0.1, 0.15) is 0 Å². The Morgan fingerprint density at radius 2 is 1.44 bits per heavy atom. The number of hydrogen-bond donors (Lipinski definition) is 0. The molecule has 4 heteroatoms. The van der Waals surface area contributed by atoms with E-state index < -0.39 is 0 Å². The molecule has 2 heterocycles. The van der Waals surface area contributed by atoms with Gasteiger partial charge < -0.3 is 14.4 Å². The summed E-state index contributed by atoms with van der Waals surface area (Å²) in [5.41, 5.74) is 0.319. The minimum Gasteiger partial charge on any atom is -0.375 e. The van der Waals surface area contributed by atoms with Crippen molar-refractivity contribution in [2.45, 2.75) is 96.7 Å². The van der Waals surface area contributed by atoms with Gasteiger partial charge >= 0.3 is 0 Å². The van der Waals surface area contributed by atoms with Crippen molar-refractivity contribution in [1.29, 1.82) is 0 Å². The minimum absolute atomic E-state index is 0.0227. The number of likely N-dealkylation sites (tertiary alicyclic amines) is 2. The summed E-state index contributed by atoms with van der Waals surface area (Å²) in [5.74, 6) is 0.874. The summed E-state index contributed by atoms with van der Waals surface area (Å²) in [6.07, 6.45) is 5.91. The van der Waals surface area contributed by atoms with E-state index in [1.54, 1.807) is 0 Å². The molecule has 1 saturated carbocycles. The van der Waals surface area contributed by atoms with Gasteiger partial charge in [0.25, 0.3) is 0 Å². The topological polar surface area (TPSA) is 24.9 Å². The van der Waals surface area contributed by atoms with E-state index in [4.69, 9.17) is 9.47 Å². The molecule has 3 rings (SSSR count). The van der Waals surface area contributed by atoms with Crippen molar-refractivity contribution >= 4 is 0 Å². The van der Waals surface area contributed by atoms with Crippen molar-refractivity contribution in [3.05, 3.63) is 0 Å². The van der Waals surface area contributed by atoms with Crippen molar-refractivity contribution in [2.24, 2.45) is 5.92 Å². The monoisotopic (exact) mass is 352 g/mol. The standard InChI is InChI=1S/C21H40N2O2/c1-20(2,3)23-14-16(15-23)13-22-9-7-17(8-10-22)24-18-11-19(12-18)25-21(4,5)6/h16-19H,7-15H2,1-6H3/t18-,19-. The molecule has 2 saturated heterocycles. The molecule has 3 fully saturated rings. The predicted molar refractivity (Wildman–Crippen MR) is 103 cm³/mol. The highest BCUT2D eigenvalue weighted by molar-refractivity contribution is 4.91. The molecule has 0 aromatic heterocycles. The van der Waals surface area contributed by atoms with Gasteiger partial charge in [0, 0.05) is 38.3 Å². The van der Waals surface area contributed by atoms with E-state index in [0.717, 1.165) is 18.8 Å². The van der Waals surface area contributed by atoms with Crippen molar-refractivity contribution < 1.29 is 9.47 Å². The van der Waals surface area contributed by atoms with E-state index in [1.165, 1.54) is 45.6 Å². The van der Waals surface area contributed by atoms with Crippen LogP contribution in [0.25, 0.3) is 0 Å². The zero-order chi connectivity index (χ0) is 18.2. The summed E-state index contributed by atoms with van der Waals surface area (Å²) < 4.78 is 12.3. The van der Waals surface area contributed by atoms with Gasteiger partial charge in [0.15, 0.2) is 0 Å². The number of ether oxygens (including phenoxy) is 2. The fraction of sp³-hybridized carbons (Fsp3) is 1.00. The molecule has 25 heavy (non-hydrogen) atoms. The summed E-state index contributed by atoms with van der Waals surface area (Å²) in [4.78, 5) is 5.26. The van der Waals surface area contributed by atoms with Crippen LogP contribution in [0.2, 0.25) is 0 Å². The fourth-order valence-corrected chi connectivity index (χ4v) is 4.32. The highest BCUT2D eigenvalue weighted by Crippen LogP contribution is 2.32. The van der Waals surface area contributed by atoms with E-state index in [0.29, 0.717) is 23.9 Å². The minimum atomic E-state index is -0.0227. The Balaban J connectivity index is 1.26. The molecule has 3 aliphatic rings. The smallest absolute Gasteiger partial charge is 0.0631 e. The van der Waals surface area contributed by atoms with E-state index in [9.17, 15) is 0 Å². The highest BCUT2D eigenvalue weighted by atomic mass is 16.5. The summed E-state index contributed by atoms with van der Waals surface area (Å²) in [6.45, 7) is 19.6. The maximum atomic E-state index is 6.31. The quantitative estimate of drug-likeness (QED) is 0.755. The average Bonchev–Trinajstić information content (AvgIpc) is 2.39. The van der Waals surface area contributed by atoms with Crippen LogP contribution < -0.4 is 0 Å². The Morgan fingerprint density at radius 3 is 1.96 bits per heavy atom. The first-order chi connectivity index (χ1) is 11.6. The molecule has 0 amide bonds. The second-order valence-corrected chi connectivity index (χ2v) is 10.5. The van der Waals surface area contributed by atoms with E-state index in [1.807, 2.05) is 0 Å². The molecule has 0 atom stereocenters. The van der Waals surface area contributed by atoms with Gasteiger partial charge in [-0.05, 0) is 73.1 Å². The molecule has 2 aliphatic heterocycles. The third-order valence-corrected chi connectivity index (χ3v) is 5.91. The van der Waals surface area contributed by atoms with Gasteiger partial charge in [-0.1, -0.05) is 0 Å². The van der Waals surface area contributed by atoms with Crippen LogP contribution in [0.4, 0.5) is 0 Å². The van der Waals surface area contributed by atoms with Gasteiger partial charge in [-0.25, -0.2) is 0 Å². The molecule has 0 spiro atoms. The van der Waals surface area contributed by atoms with Crippen LogP contribution in [0.3, 0.4) is 0 Å². The number of rotatable bonds is 5. The fourth-order valence-electron chi connectivity index (χ4n) is 4.32. The van der Waals surface area contributed by atoms with Crippen LogP contribution in [0.1, 0.15) is 67.2 Å². The van der Waals surface area contributed by atoms with Crippen molar-refractivity contribution in [2.75, 3.05) is 32.7 Å². The SMILES string of the molecule is CC(C)(C)O[C@H]1C[C@H](OC2CCN(CC3CN(C(C)(C)C)C3)CC2)C1. The first kappa shape index (κ1) is 19.6. The number of nitrogens with zero attached hydrogens (tertiary/aromatic N) is 2. The Labute approximate surface area is 155 Å². The molecule has 0 radical (unpaired) electrons. The van der Waals surface area contributed by atoms with Crippen molar-refractivity contribution in [3.63, 3.8) is 0 Å². The normalized spacial score (nSPS) is 31.0. The molecular formula is C21H40N2O2. The molecule has 0 bridgehead atoms. The summed E-state index contributed by atoms with van der Waals surface area (Å²) >= 11 is 0. The van der Waals surface area contributed by atoms with E-state index >= 15 is 0 Å². The van der Waals surface area contributed by atoms with Crippen LogP contribution in [0, 0.1) is 5.92 Å². The van der Waals surface area contributed by atoms with Crippen molar-refractivity contribution in [3.8, 4) is 0 Å². The molecule has 0 aromatic carbocycles. The lowest BCUT2D eigenvalue weighted by Crippen LogP contribution is -2.59. The van der Waals surface area contributed by atoms with Crippen LogP contribution >= 0.6 is 0 Å². The second kappa shape index (κ2) is 7.46. The second-order valence-electron chi connectivity index (χ2n) is 10.5. The summed E-state index contributed by atoms with van der Waals surface area (Å²) in [6, 6.07) is 0. The maximum Gasteiger partial charge on any atom is 0.0631 e. The third kappa shape index (κ3) is 5.66. The first-order valence-electron chi connectivity index (χ1n) is 10.4. The Bertz CT molecular complexity index is 420. The molecule has 146 valence electrons. The molecule has 4 nitrogen and oxygen atoms in total. The van der Waals surface area contributed by atoms with Gasteiger partial charge in [0.2, 0.25) is 0 Å².